The Hall–Kier alpha value is -3.20. The van der Waals surface area contributed by atoms with Crippen molar-refractivity contribution in [2.75, 3.05) is 45.2 Å². The molecule has 36 heavy (non-hydrogen) atoms. The molecule has 1 heterocycles. The number of nitrogens with zero attached hydrogens (tertiary/aromatic N) is 2. The number of halogens is 3. The third-order valence-corrected chi connectivity index (χ3v) is 6.42. The summed E-state index contributed by atoms with van der Waals surface area (Å²) in [5.74, 6) is -0.683. The van der Waals surface area contributed by atoms with Crippen molar-refractivity contribution in [3.63, 3.8) is 0 Å². The Morgan fingerprint density at radius 2 is 1.64 bits per heavy atom. The van der Waals surface area contributed by atoms with Gasteiger partial charge in [0.1, 0.15) is 17.4 Å². The predicted molar refractivity (Wildman–Crippen MR) is 135 cm³/mol. The maximum absolute atomic E-state index is 14.1. The number of rotatable bonds is 8. The van der Waals surface area contributed by atoms with E-state index in [0.29, 0.717) is 49.2 Å². The van der Waals surface area contributed by atoms with Gasteiger partial charge in [-0.25, -0.2) is 13.6 Å². The van der Waals surface area contributed by atoms with E-state index >= 15 is 0 Å². The van der Waals surface area contributed by atoms with Crippen molar-refractivity contribution in [3.05, 3.63) is 94.5 Å². The van der Waals surface area contributed by atoms with Gasteiger partial charge in [-0.05, 0) is 42.0 Å². The van der Waals surface area contributed by atoms with Crippen LogP contribution in [0.5, 0.6) is 5.75 Å². The summed E-state index contributed by atoms with van der Waals surface area (Å²) in [5, 5.41) is 3.49. The topological polar surface area (TPSA) is 54.0 Å². The van der Waals surface area contributed by atoms with E-state index in [9.17, 15) is 13.6 Å². The quantitative estimate of drug-likeness (QED) is 0.416. The van der Waals surface area contributed by atoms with Gasteiger partial charge in [-0.1, -0.05) is 41.9 Å². The molecule has 190 valence electrons. The Balaban J connectivity index is 1.38. The van der Waals surface area contributed by atoms with Crippen LogP contribution in [-0.4, -0.2) is 55.7 Å². The summed E-state index contributed by atoms with van der Waals surface area (Å²) in [6.45, 7) is 2.60. The molecule has 0 aromatic heterocycles. The highest BCUT2D eigenvalue weighted by Crippen LogP contribution is 2.26. The van der Waals surface area contributed by atoms with Crippen LogP contribution in [0.3, 0.4) is 0 Å². The minimum atomic E-state index is -0.639. The molecular weight excluding hydrogens is 488 g/mol. The lowest BCUT2D eigenvalue weighted by Crippen LogP contribution is -2.50. The van der Waals surface area contributed by atoms with Crippen LogP contribution in [0.25, 0.3) is 0 Å². The van der Waals surface area contributed by atoms with Crippen LogP contribution in [0.2, 0.25) is 5.02 Å². The third-order valence-electron chi connectivity index (χ3n) is 6.16. The largest absolute Gasteiger partial charge is 0.495 e. The lowest BCUT2D eigenvalue weighted by atomic mass is 10.1. The summed E-state index contributed by atoms with van der Waals surface area (Å²) >= 11 is 6.04. The summed E-state index contributed by atoms with van der Waals surface area (Å²) in [5.41, 5.74) is 1.37. The number of ether oxygens (including phenoxy) is 2. The Morgan fingerprint density at radius 1 is 0.972 bits per heavy atom. The molecule has 1 saturated heterocycles. The number of para-hydroxylation sites is 2. The average molecular weight is 516 g/mol. The first-order valence-corrected chi connectivity index (χ1v) is 12.0. The van der Waals surface area contributed by atoms with Crippen LogP contribution in [-0.2, 0) is 11.3 Å². The highest BCUT2D eigenvalue weighted by Gasteiger charge is 2.25. The second-order valence-corrected chi connectivity index (χ2v) is 8.91. The summed E-state index contributed by atoms with van der Waals surface area (Å²) < 4.78 is 39.6. The molecule has 1 aliphatic heterocycles. The number of carbonyl (C=O) groups excluding carboxylic acids is 1. The van der Waals surface area contributed by atoms with Gasteiger partial charge in [-0.2, -0.15) is 0 Å². The maximum Gasteiger partial charge on any atom is 0.322 e. The van der Waals surface area contributed by atoms with Gasteiger partial charge in [0, 0.05) is 43.3 Å². The number of nitrogens with one attached hydrogen (secondary N) is 1. The number of hydrogen-bond acceptors (Lipinski definition) is 4. The van der Waals surface area contributed by atoms with Crippen molar-refractivity contribution < 1.29 is 23.0 Å². The maximum atomic E-state index is 14.1. The first kappa shape index (κ1) is 25.9. The molecular formula is C27H28ClF2N3O3. The van der Waals surface area contributed by atoms with Crippen LogP contribution >= 0.6 is 11.6 Å². The fourth-order valence-electron chi connectivity index (χ4n) is 4.10. The number of amides is 2. The zero-order valence-electron chi connectivity index (χ0n) is 19.9. The molecule has 9 heteroatoms. The monoisotopic (exact) mass is 515 g/mol. The van der Waals surface area contributed by atoms with E-state index in [4.69, 9.17) is 21.1 Å². The Morgan fingerprint density at radius 3 is 2.31 bits per heavy atom. The van der Waals surface area contributed by atoms with Crippen molar-refractivity contribution in [3.8, 4) is 5.75 Å². The molecule has 6 nitrogen and oxygen atoms in total. The predicted octanol–water partition coefficient (Wildman–Crippen LogP) is 5.73. The van der Waals surface area contributed by atoms with Crippen LogP contribution < -0.4 is 10.1 Å². The smallest absolute Gasteiger partial charge is 0.322 e. The first-order valence-electron chi connectivity index (χ1n) is 11.7. The normalized spacial score (nSPS) is 14.9. The molecule has 3 aromatic carbocycles. The van der Waals surface area contributed by atoms with Crippen molar-refractivity contribution in [1.29, 1.82) is 0 Å². The second-order valence-electron chi connectivity index (χ2n) is 8.47. The molecule has 1 atom stereocenters. The van der Waals surface area contributed by atoms with Crippen molar-refractivity contribution in [2.45, 2.75) is 12.7 Å². The molecule has 1 fully saturated rings. The van der Waals surface area contributed by atoms with E-state index in [2.05, 4.69) is 10.2 Å². The Bertz CT molecular complexity index is 1150. The number of carbonyl (C=O) groups is 1. The Labute approximate surface area is 214 Å². The van der Waals surface area contributed by atoms with Crippen molar-refractivity contribution >= 4 is 23.3 Å². The zero-order chi connectivity index (χ0) is 25.5. The molecule has 4 rings (SSSR count). The molecule has 2 amide bonds. The lowest BCUT2D eigenvalue weighted by Gasteiger charge is -2.36. The number of benzene rings is 3. The number of hydrogen-bond donors (Lipinski definition) is 1. The van der Waals surface area contributed by atoms with Crippen molar-refractivity contribution in [2.24, 2.45) is 0 Å². The first-order chi connectivity index (χ1) is 17.4. The van der Waals surface area contributed by atoms with Gasteiger partial charge in [0.05, 0.1) is 25.5 Å². The number of piperazine rings is 1. The molecule has 0 bridgehead atoms. The minimum absolute atomic E-state index is 0.103. The highest BCUT2D eigenvalue weighted by atomic mass is 35.5. The van der Waals surface area contributed by atoms with Gasteiger partial charge in [-0.15, -0.1) is 0 Å². The summed E-state index contributed by atoms with van der Waals surface area (Å²) in [7, 11) is 1.56. The molecule has 3 aromatic rings. The minimum Gasteiger partial charge on any atom is -0.495 e. The van der Waals surface area contributed by atoms with Gasteiger partial charge < -0.3 is 19.7 Å². The molecule has 1 unspecified atom stereocenters. The molecule has 0 aliphatic carbocycles. The second kappa shape index (κ2) is 12.2. The van der Waals surface area contributed by atoms with Crippen LogP contribution in [0.15, 0.2) is 66.7 Å². The number of methoxy groups -OCH3 is 1. The lowest BCUT2D eigenvalue weighted by molar-refractivity contribution is 0.00376. The molecule has 1 N–H and O–H groups in total. The summed E-state index contributed by atoms with van der Waals surface area (Å²) in [4.78, 5) is 16.7. The van der Waals surface area contributed by atoms with E-state index in [1.165, 1.54) is 18.2 Å². The average Bonchev–Trinajstić information content (AvgIpc) is 2.89. The van der Waals surface area contributed by atoms with Gasteiger partial charge in [0.15, 0.2) is 0 Å². The fraction of sp³-hybridized carbons (Fsp3) is 0.296. The van der Waals surface area contributed by atoms with Gasteiger partial charge in [-0.3, -0.25) is 4.90 Å². The third kappa shape index (κ3) is 6.51. The number of urea groups is 1. The molecule has 1 aliphatic rings. The van der Waals surface area contributed by atoms with E-state index in [0.717, 1.165) is 5.56 Å². The zero-order valence-corrected chi connectivity index (χ0v) is 20.7. The van der Waals surface area contributed by atoms with Gasteiger partial charge >= 0.3 is 6.03 Å². The van der Waals surface area contributed by atoms with E-state index in [1.807, 2.05) is 24.3 Å². The van der Waals surface area contributed by atoms with Crippen molar-refractivity contribution in [1.82, 2.24) is 9.80 Å². The summed E-state index contributed by atoms with van der Waals surface area (Å²) in [6, 6.07) is 18.0. The van der Waals surface area contributed by atoms with Crippen LogP contribution in [0.4, 0.5) is 19.3 Å². The Kier molecular flexibility index (Phi) is 8.74. The SMILES string of the molecule is COc1ccccc1NC(=O)N1CCN(CC(OCc2c(F)cccc2F)c2ccc(Cl)cc2)CC1. The molecule has 0 radical (unpaired) electrons. The number of anilines is 1. The standard InChI is InChI=1S/C27H28ClF2N3O3/c1-35-25-8-3-2-7-24(25)31-27(34)33-15-13-32(14-16-33)17-26(19-9-11-20(28)12-10-19)36-18-21-22(29)5-4-6-23(21)30/h2-12,26H,13-18H2,1H3,(H,31,34). The fourth-order valence-corrected chi connectivity index (χ4v) is 4.22. The van der Waals surface area contributed by atoms with Gasteiger partial charge in [0.2, 0.25) is 0 Å². The van der Waals surface area contributed by atoms with Crippen LogP contribution in [0.1, 0.15) is 17.2 Å². The molecule has 0 spiro atoms. The van der Waals surface area contributed by atoms with E-state index in [1.54, 1.807) is 36.3 Å². The van der Waals surface area contributed by atoms with Gasteiger partial charge in [0.25, 0.3) is 0 Å². The molecule has 0 saturated carbocycles. The van der Waals surface area contributed by atoms with Crippen LogP contribution in [0, 0.1) is 11.6 Å². The van der Waals surface area contributed by atoms with E-state index in [-0.39, 0.29) is 18.2 Å². The van der Waals surface area contributed by atoms with E-state index < -0.39 is 17.7 Å². The highest BCUT2D eigenvalue weighted by molar-refractivity contribution is 6.30. The summed E-state index contributed by atoms with van der Waals surface area (Å²) in [6.07, 6.45) is -0.435.